The summed E-state index contributed by atoms with van der Waals surface area (Å²) in [7, 11) is 0. The van der Waals surface area contributed by atoms with E-state index in [0.717, 1.165) is 16.9 Å². The molecule has 1 N–H and O–H groups in total. The fraction of sp³-hybridized carbons (Fsp3) is 0.214. The standard InChI is InChI=1S/C14H13ClN2O3S/c1-3-20-14(19)13-17-11(7-21-13)12(18)16-10-6-8(2)4-5-9(10)15/h4-7H,3H2,1-2H3,(H,16,18). The van der Waals surface area contributed by atoms with E-state index in [1.807, 2.05) is 13.0 Å². The number of rotatable bonds is 4. The monoisotopic (exact) mass is 324 g/mol. The van der Waals surface area contributed by atoms with Crippen molar-refractivity contribution < 1.29 is 14.3 Å². The summed E-state index contributed by atoms with van der Waals surface area (Å²) in [6, 6.07) is 5.32. The Hall–Kier alpha value is -1.92. The van der Waals surface area contributed by atoms with Crippen LogP contribution in [0.15, 0.2) is 23.6 Å². The van der Waals surface area contributed by atoms with Gasteiger partial charge in [0.15, 0.2) is 0 Å². The predicted octanol–water partition coefficient (Wildman–Crippen LogP) is 3.53. The minimum absolute atomic E-state index is 0.150. The number of thiazole rings is 1. The number of benzene rings is 1. The number of hydrogen-bond acceptors (Lipinski definition) is 5. The van der Waals surface area contributed by atoms with Gasteiger partial charge >= 0.3 is 5.97 Å². The third-order valence-electron chi connectivity index (χ3n) is 2.56. The number of carbonyl (C=O) groups excluding carboxylic acids is 2. The topological polar surface area (TPSA) is 68.3 Å². The molecular formula is C14H13ClN2O3S. The number of aryl methyl sites for hydroxylation is 1. The Kier molecular flexibility index (Phi) is 4.93. The van der Waals surface area contributed by atoms with Gasteiger partial charge in [-0.3, -0.25) is 4.79 Å². The van der Waals surface area contributed by atoms with Crippen molar-refractivity contribution in [3.8, 4) is 0 Å². The second-order valence-electron chi connectivity index (χ2n) is 4.20. The van der Waals surface area contributed by atoms with Gasteiger partial charge in [0.05, 0.1) is 17.3 Å². The predicted molar refractivity (Wildman–Crippen MR) is 82.2 cm³/mol. The number of esters is 1. The normalized spacial score (nSPS) is 10.2. The van der Waals surface area contributed by atoms with Gasteiger partial charge in [0.1, 0.15) is 5.69 Å². The molecular weight excluding hydrogens is 312 g/mol. The summed E-state index contributed by atoms with van der Waals surface area (Å²) in [5.74, 6) is -0.954. The molecule has 0 unspecified atom stereocenters. The lowest BCUT2D eigenvalue weighted by molar-refractivity contribution is 0.0526. The van der Waals surface area contributed by atoms with Gasteiger partial charge in [-0.2, -0.15) is 0 Å². The van der Waals surface area contributed by atoms with E-state index in [1.165, 1.54) is 5.38 Å². The van der Waals surface area contributed by atoms with E-state index < -0.39 is 11.9 Å². The molecule has 0 fully saturated rings. The molecule has 1 aromatic carbocycles. The third-order valence-corrected chi connectivity index (χ3v) is 3.71. The first kappa shape index (κ1) is 15.5. The van der Waals surface area contributed by atoms with E-state index in [2.05, 4.69) is 10.3 Å². The van der Waals surface area contributed by atoms with Crippen LogP contribution in [0.4, 0.5) is 5.69 Å². The van der Waals surface area contributed by atoms with Gasteiger partial charge in [0.2, 0.25) is 5.01 Å². The van der Waals surface area contributed by atoms with Gasteiger partial charge in [0, 0.05) is 5.38 Å². The fourth-order valence-corrected chi connectivity index (χ4v) is 2.44. The van der Waals surface area contributed by atoms with Crippen LogP contribution >= 0.6 is 22.9 Å². The van der Waals surface area contributed by atoms with Crippen molar-refractivity contribution in [2.45, 2.75) is 13.8 Å². The van der Waals surface area contributed by atoms with Crippen LogP contribution in [0, 0.1) is 6.92 Å². The number of hydrogen-bond donors (Lipinski definition) is 1. The number of aromatic nitrogens is 1. The van der Waals surface area contributed by atoms with Gasteiger partial charge < -0.3 is 10.1 Å². The van der Waals surface area contributed by atoms with E-state index in [1.54, 1.807) is 19.1 Å². The van der Waals surface area contributed by atoms with Crippen molar-refractivity contribution in [2.24, 2.45) is 0 Å². The van der Waals surface area contributed by atoms with Gasteiger partial charge in [-0.1, -0.05) is 17.7 Å². The highest BCUT2D eigenvalue weighted by molar-refractivity contribution is 7.11. The summed E-state index contributed by atoms with van der Waals surface area (Å²) in [6.45, 7) is 3.87. The lowest BCUT2D eigenvalue weighted by Crippen LogP contribution is -2.13. The fourth-order valence-electron chi connectivity index (χ4n) is 1.59. The Morgan fingerprint density at radius 3 is 2.90 bits per heavy atom. The average molecular weight is 325 g/mol. The van der Waals surface area contributed by atoms with Crippen LogP contribution < -0.4 is 5.32 Å². The number of ether oxygens (including phenoxy) is 1. The molecule has 0 saturated carbocycles. The van der Waals surface area contributed by atoms with Crippen LogP contribution in [0.5, 0.6) is 0 Å². The second kappa shape index (κ2) is 6.69. The molecule has 0 radical (unpaired) electrons. The first-order valence-electron chi connectivity index (χ1n) is 6.21. The van der Waals surface area contributed by atoms with Crippen LogP contribution in [-0.4, -0.2) is 23.5 Å². The lowest BCUT2D eigenvalue weighted by Gasteiger charge is -2.06. The highest BCUT2D eigenvalue weighted by Gasteiger charge is 2.17. The van der Waals surface area contributed by atoms with Gasteiger partial charge in [-0.05, 0) is 31.5 Å². The van der Waals surface area contributed by atoms with Crippen LogP contribution in [0.1, 0.15) is 32.8 Å². The minimum atomic E-state index is -0.532. The zero-order valence-electron chi connectivity index (χ0n) is 11.5. The van der Waals surface area contributed by atoms with Crippen molar-refractivity contribution in [3.63, 3.8) is 0 Å². The van der Waals surface area contributed by atoms with Crippen LogP contribution in [0.25, 0.3) is 0 Å². The van der Waals surface area contributed by atoms with E-state index >= 15 is 0 Å². The number of anilines is 1. The summed E-state index contributed by atoms with van der Waals surface area (Å²) < 4.78 is 4.83. The Morgan fingerprint density at radius 1 is 1.43 bits per heavy atom. The Balaban J connectivity index is 2.14. The molecule has 5 nitrogen and oxygen atoms in total. The van der Waals surface area contributed by atoms with Crippen LogP contribution in [-0.2, 0) is 4.74 Å². The quantitative estimate of drug-likeness (QED) is 0.873. The van der Waals surface area contributed by atoms with Crippen molar-refractivity contribution >= 4 is 40.5 Å². The van der Waals surface area contributed by atoms with Gasteiger partial charge in [-0.15, -0.1) is 11.3 Å². The summed E-state index contributed by atoms with van der Waals surface area (Å²) in [5.41, 5.74) is 1.63. The van der Waals surface area contributed by atoms with Crippen LogP contribution in [0.2, 0.25) is 5.02 Å². The molecule has 1 amide bonds. The zero-order chi connectivity index (χ0) is 15.4. The SMILES string of the molecule is CCOC(=O)c1nc(C(=O)Nc2cc(C)ccc2Cl)cs1. The van der Waals surface area contributed by atoms with Crippen molar-refractivity contribution in [1.82, 2.24) is 4.98 Å². The maximum Gasteiger partial charge on any atom is 0.367 e. The highest BCUT2D eigenvalue weighted by atomic mass is 35.5. The molecule has 0 saturated heterocycles. The Bertz CT molecular complexity index is 685. The molecule has 2 rings (SSSR count). The Labute approximate surface area is 130 Å². The van der Waals surface area contributed by atoms with E-state index in [4.69, 9.17) is 16.3 Å². The molecule has 0 spiro atoms. The van der Waals surface area contributed by atoms with Crippen molar-refractivity contribution in [2.75, 3.05) is 11.9 Å². The third kappa shape index (κ3) is 3.80. The van der Waals surface area contributed by atoms with E-state index in [9.17, 15) is 9.59 Å². The molecule has 2 aromatic rings. The molecule has 7 heteroatoms. The number of carbonyl (C=O) groups is 2. The van der Waals surface area contributed by atoms with E-state index in [0.29, 0.717) is 10.7 Å². The summed E-state index contributed by atoms with van der Waals surface area (Å²) in [4.78, 5) is 27.6. The molecule has 21 heavy (non-hydrogen) atoms. The number of nitrogens with zero attached hydrogens (tertiary/aromatic N) is 1. The number of halogens is 1. The molecule has 0 aliphatic rings. The minimum Gasteiger partial charge on any atom is -0.461 e. The first-order valence-corrected chi connectivity index (χ1v) is 7.47. The molecule has 1 heterocycles. The molecule has 110 valence electrons. The van der Waals surface area contributed by atoms with Crippen LogP contribution in [0.3, 0.4) is 0 Å². The van der Waals surface area contributed by atoms with Gasteiger partial charge in [0.25, 0.3) is 5.91 Å². The maximum absolute atomic E-state index is 12.1. The summed E-state index contributed by atoms with van der Waals surface area (Å²) >= 11 is 7.08. The zero-order valence-corrected chi connectivity index (χ0v) is 13.0. The molecule has 0 atom stereocenters. The van der Waals surface area contributed by atoms with E-state index in [-0.39, 0.29) is 17.3 Å². The van der Waals surface area contributed by atoms with Crippen molar-refractivity contribution in [3.05, 3.63) is 44.9 Å². The maximum atomic E-state index is 12.1. The first-order chi connectivity index (χ1) is 10.0. The Morgan fingerprint density at radius 2 is 2.19 bits per heavy atom. The molecule has 0 aliphatic carbocycles. The highest BCUT2D eigenvalue weighted by Crippen LogP contribution is 2.23. The average Bonchev–Trinajstić information content (AvgIpc) is 2.93. The molecule has 1 aromatic heterocycles. The lowest BCUT2D eigenvalue weighted by atomic mass is 10.2. The number of amides is 1. The summed E-state index contributed by atoms with van der Waals surface area (Å²) in [6.07, 6.45) is 0. The smallest absolute Gasteiger partial charge is 0.367 e. The second-order valence-corrected chi connectivity index (χ2v) is 5.46. The van der Waals surface area contributed by atoms with Gasteiger partial charge in [-0.25, -0.2) is 9.78 Å². The summed E-state index contributed by atoms with van der Waals surface area (Å²) in [5, 5.41) is 4.77. The largest absolute Gasteiger partial charge is 0.461 e. The molecule has 0 aliphatic heterocycles. The van der Waals surface area contributed by atoms with Crippen molar-refractivity contribution in [1.29, 1.82) is 0 Å². The number of nitrogens with one attached hydrogen (secondary N) is 1. The molecule has 0 bridgehead atoms.